The number of hydrogen-bond donors (Lipinski definition) is 0. The van der Waals surface area contributed by atoms with Crippen molar-refractivity contribution in [1.29, 1.82) is 0 Å². The van der Waals surface area contributed by atoms with Crippen LogP contribution in [0.5, 0.6) is 0 Å². The normalized spacial score (nSPS) is 20.0. The summed E-state index contributed by atoms with van der Waals surface area (Å²) < 4.78 is 17.9. The van der Waals surface area contributed by atoms with Crippen molar-refractivity contribution in [3.63, 3.8) is 0 Å². The van der Waals surface area contributed by atoms with E-state index < -0.39 is 16.4 Å². The molecule has 1 aliphatic rings. The van der Waals surface area contributed by atoms with Gasteiger partial charge < -0.3 is 9.64 Å². The first-order chi connectivity index (χ1) is 10.3. The van der Waals surface area contributed by atoms with Crippen molar-refractivity contribution >= 4 is 16.9 Å². The Morgan fingerprint density at radius 1 is 1.45 bits per heavy atom. The van der Waals surface area contributed by atoms with Crippen LogP contribution in [-0.2, 0) is 15.5 Å². The van der Waals surface area contributed by atoms with Gasteiger partial charge in [-0.15, -0.1) is 0 Å². The Hall–Kier alpha value is -1.43. The molecule has 2 unspecified atom stereocenters. The molecule has 1 fully saturated rings. The van der Waals surface area contributed by atoms with E-state index in [1.165, 1.54) is 0 Å². The Morgan fingerprint density at radius 3 is 2.77 bits per heavy atom. The molecule has 22 heavy (non-hydrogen) atoms. The average molecular weight is 324 g/mol. The predicted molar refractivity (Wildman–Crippen MR) is 86.2 cm³/mol. The molecule has 0 bridgehead atoms. The fourth-order valence-electron chi connectivity index (χ4n) is 2.42. The number of aromatic nitrogens is 1. The molecule has 122 valence electrons. The highest BCUT2D eigenvalue weighted by molar-refractivity contribution is 7.85. The minimum atomic E-state index is -1.20. The van der Waals surface area contributed by atoms with Gasteiger partial charge in [0.15, 0.2) is 0 Å². The molecule has 2 rings (SSSR count). The Balaban J connectivity index is 2.00. The second kappa shape index (κ2) is 6.77. The summed E-state index contributed by atoms with van der Waals surface area (Å²) in [5.74, 6) is 0.412. The van der Waals surface area contributed by atoms with Gasteiger partial charge in [0.1, 0.15) is 10.6 Å². The van der Waals surface area contributed by atoms with E-state index >= 15 is 0 Å². The highest BCUT2D eigenvalue weighted by Crippen LogP contribution is 2.22. The zero-order valence-corrected chi connectivity index (χ0v) is 14.5. The maximum Gasteiger partial charge on any atom is 0.410 e. The molecule has 1 aromatic rings. The maximum absolute atomic E-state index is 12.4. The van der Waals surface area contributed by atoms with E-state index in [-0.39, 0.29) is 12.1 Å². The summed E-state index contributed by atoms with van der Waals surface area (Å²) in [5, 5.41) is 0.571. The third kappa shape index (κ3) is 4.53. The SMILES string of the molecule is Cc1ccc(S(=O)CC2CCCN2C(=O)OC(C)(C)C)nc1. The van der Waals surface area contributed by atoms with Crippen LogP contribution in [0.3, 0.4) is 0 Å². The van der Waals surface area contributed by atoms with Crippen LogP contribution in [0, 0.1) is 6.92 Å². The van der Waals surface area contributed by atoms with Crippen molar-refractivity contribution < 1.29 is 13.7 Å². The zero-order valence-electron chi connectivity index (χ0n) is 13.7. The fourth-order valence-corrected chi connectivity index (χ4v) is 3.68. The number of amides is 1. The van der Waals surface area contributed by atoms with Crippen LogP contribution >= 0.6 is 0 Å². The van der Waals surface area contributed by atoms with E-state index in [1.807, 2.05) is 33.8 Å². The number of hydrogen-bond acceptors (Lipinski definition) is 4. The van der Waals surface area contributed by atoms with E-state index in [2.05, 4.69) is 4.98 Å². The summed E-state index contributed by atoms with van der Waals surface area (Å²) in [6, 6.07) is 3.65. The Labute approximate surface area is 134 Å². The van der Waals surface area contributed by atoms with E-state index in [0.717, 1.165) is 18.4 Å². The van der Waals surface area contributed by atoms with Gasteiger partial charge in [-0.3, -0.25) is 4.21 Å². The maximum atomic E-state index is 12.4. The van der Waals surface area contributed by atoms with Gasteiger partial charge in [0, 0.05) is 18.8 Å². The molecule has 0 spiro atoms. The fraction of sp³-hybridized carbons (Fsp3) is 0.625. The lowest BCUT2D eigenvalue weighted by Gasteiger charge is -2.28. The molecule has 2 atom stereocenters. The van der Waals surface area contributed by atoms with Crippen molar-refractivity contribution in [3.8, 4) is 0 Å². The van der Waals surface area contributed by atoms with Crippen molar-refractivity contribution in [2.24, 2.45) is 0 Å². The summed E-state index contributed by atoms with van der Waals surface area (Å²) in [4.78, 5) is 18.1. The Bertz CT molecular complexity index is 552. The molecule has 6 heteroatoms. The third-order valence-corrected chi connectivity index (χ3v) is 4.86. The molecule has 5 nitrogen and oxygen atoms in total. The molecule has 0 saturated carbocycles. The van der Waals surface area contributed by atoms with E-state index in [0.29, 0.717) is 17.3 Å². The van der Waals surface area contributed by atoms with Crippen LogP contribution in [0.15, 0.2) is 23.4 Å². The number of ether oxygens (including phenoxy) is 1. The average Bonchev–Trinajstić information content (AvgIpc) is 2.85. The second-order valence-electron chi connectivity index (χ2n) is 6.66. The van der Waals surface area contributed by atoms with E-state index in [1.54, 1.807) is 17.2 Å². The zero-order chi connectivity index (χ0) is 16.3. The van der Waals surface area contributed by atoms with Gasteiger partial charge in [0.2, 0.25) is 0 Å². The van der Waals surface area contributed by atoms with Gasteiger partial charge in [-0.2, -0.15) is 0 Å². The van der Waals surface area contributed by atoms with Gasteiger partial charge in [0.25, 0.3) is 0 Å². The summed E-state index contributed by atoms with van der Waals surface area (Å²) in [6.45, 7) is 8.16. The number of nitrogens with zero attached hydrogens (tertiary/aromatic N) is 2. The van der Waals surface area contributed by atoms with Crippen molar-refractivity contribution in [1.82, 2.24) is 9.88 Å². The van der Waals surface area contributed by atoms with Gasteiger partial charge in [-0.05, 0) is 52.2 Å². The summed E-state index contributed by atoms with van der Waals surface area (Å²) in [6.07, 6.45) is 3.18. The molecule has 2 heterocycles. The Morgan fingerprint density at radius 2 is 2.18 bits per heavy atom. The van der Waals surface area contributed by atoms with Crippen molar-refractivity contribution in [2.45, 2.75) is 57.2 Å². The van der Waals surface area contributed by atoms with Crippen molar-refractivity contribution in [2.75, 3.05) is 12.3 Å². The number of aryl methyl sites for hydroxylation is 1. The van der Waals surface area contributed by atoms with Gasteiger partial charge >= 0.3 is 6.09 Å². The summed E-state index contributed by atoms with van der Waals surface area (Å²) in [7, 11) is -1.20. The first kappa shape index (κ1) is 16.9. The highest BCUT2D eigenvalue weighted by atomic mass is 32.2. The molecule has 1 amide bonds. The van der Waals surface area contributed by atoms with Gasteiger partial charge in [-0.25, -0.2) is 9.78 Å². The number of pyridine rings is 1. The summed E-state index contributed by atoms with van der Waals surface area (Å²) in [5.41, 5.74) is 0.527. The molecule has 1 aliphatic heterocycles. The minimum absolute atomic E-state index is 0.0428. The first-order valence-corrected chi connectivity index (χ1v) is 8.89. The molecule has 0 aliphatic carbocycles. The van der Waals surface area contributed by atoms with Crippen LogP contribution in [-0.4, -0.2) is 44.1 Å². The predicted octanol–water partition coefficient (Wildman–Crippen LogP) is 2.90. The summed E-state index contributed by atoms with van der Waals surface area (Å²) >= 11 is 0. The number of carbonyl (C=O) groups is 1. The molecule has 0 N–H and O–H groups in total. The lowest BCUT2D eigenvalue weighted by Crippen LogP contribution is -2.42. The number of rotatable bonds is 3. The van der Waals surface area contributed by atoms with Crippen molar-refractivity contribution in [3.05, 3.63) is 23.9 Å². The van der Waals surface area contributed by atoms with Crippen LogP contribution in [0.2, 0.25) is 0 Å². The minimum Gasteiger partial charge on any atom is -0.444 e. The standard InChI is InChI=1S/C16H24N2O3S/c1-12-7-8-14(17-10-12)22(20)11-13-6-5-9-18(13)15(19)21-16(2,3)4/h7-8,10,13H,5-6,9,11H2,1-4H3. The number of likely N-dealkylation sites (tertiary alicyclic amines) is 1. The van der Waals surface area contributed by atoms with Gasteiger partial charge in [0.05, 0.1) is 16.6 Å². The number of carbonyl (C=O) groups excluding carboxylic acids is 1. The van der Waals surface area contributed by atoms with Gasteiger partial charge in [-0.1, -0.05) is 6.07 Å². The van der Waals surface area contributed by atoms with E-state index in [9.17, 15) is 9.00 Å². The van der Waals surface area contributed by atoms with Crippen LogP contribution in [0.25, 0.3) is 0 Å². The quantitative estimate of drug-likeness (QED) is 0.858. The lowest BCUT2D eigenvalue weighted by atomic mass is 10.2. The van der Waals surface area contributed by atoms with Crippen LogP contribution in [0.1, 0.15) is 39.2 Å². The monoisotopic (exact) mass is 324 g/mol. The largest absolute Gasteiger partial charge is 0.444 e. The Kier molecular flexibility index (Phi) is 5.21. The first-order valence-electron chi connectivity index (χ1n) is 7.57. The lowest BCUT2D eigenvalue weighted by molar-refractivity contribution is 0.0241. The molecular weight excluding hydrogens is 300 g/mol. The van der Waals surface area contributed by atoms with Crippen LogP contribution < -0.4 is 0 Å². The smallest absolute Gasteiger partial charge is 0.410 e. The molecular formula is C16H24N2O3S. The second-order valence-corrected chi connectivity index (χ2v) is 8.10. The van der Waals surface area contributed by atoms with Crippen LogP contribution in [0.4, 0.5) is 4.79 Å². The topological polar surface area (TPSA) is 59.5 Å². The third-order valence-electron chi connectivity index (χ3n) is 3.47. The molecule has 0 radical (unpaired) electrons. The molecule has 1 aromatic heterocycles. The van der Waals surface area contributed by atoms with E-state index in [4.69, 9.17) is 4.74 Å². The molecule has 0 aromatic carbocycles. The molecule has 1 saturated heterocycles. The highest BCUT2D eigenvalue weighted by Gasteiger charge is 2.33.